The van der Waals surface area contributed by atoms with Crippen LogP contribution < -0.4 is 0 Å². The van der Waals surface area contributed by atoms with E-state index in [9.17, 15) is 26.0 Å². The highest BCUT2D eigenvalue weighted by Crippen LogP contribution is 2.30. The predicted octanol–water partition coefficient (Wildman–Crippen LogP) is 2.26. The molecule has 8 heteroatoms. The molecule has 15 heavy (non-hydrogen) atoms. The maximum absolute atomic E-state index is 12.6. The molecule has 1 unspecified atom stereocenters. The van der Waals surface area contributed by atoms with E-state index in [1.54, 1.807) is 0 Å². The van der Waals surface area contributed by atoms with Crippen molar-refractivity contribution in [1.29, 1.82) is 0 Å². The molecule has 0 aromatic heterocycles. The first-order valence-corrected chi connectivity index (χ1v) is 5.47. The van der Waals surface area contributed by atoms with E-state index in [-0.39, 0.29) is 25.0 Å². The monoisotopic (exact) mass is 248 g/mol. The summed E-state index contributed by atoms with van der Waals surface area (Å²) >= 11 is 0. The molecule has 0 aromatic carbocycles. The highest BCUT2D eigenvalue weighted by atomic mass is 32.2. The highest BCUT2D eigenvalue weighted by Gasteiger charge is 2.48. The van der Waals surface area contributed by atoms with E-state index in [2.05, 4.69) is 4.18 Å². The minimum atomic E-state index is -5.61. The van der Waals surface area contributed by atoms with Gasteiger partial charge in [0, 0.05) is 12.8 Å². The van der Waals surface area contributed by atoms with Gasteiger partial charge in [0.25, 0.3) is 0 Å². The van der Waals surface area contributed by atoms with Crippen LogP contribution >= 0.6 is 0 Å². The molecule has 0 heterocycles. The average Bonchev–Trinajstić information content (AvgIpc) is 2.06. The summed E-state index contributed by atoms with van der Waals surface area (Å²) in [5, 5.41) is 0. The van der Waals surface area contributed by atoms with Crippen LogP contribution in [0.2, 0.25) is 0 Å². The molecule has 0 aromatic rings. The van der Waals surface area contributed by atoms with Crippen LogP contribution in [0.1, 0.15) is 19.3 Å². The number of alkyl halides is 4. The molecule has 1 atom stereocenters. The van der Waals surface area contributed by atoms with Crippen LogP contribution in [0.3, 0.4) is 0 Å². The lowest BCUT2D eigenvalue weighted by Gasteiger charge is -2.17. The number of hydrogen-bond donors (Lipinski definition) is 0. The fourth-order valence-electron chi connectivity index (χ4n) is 1.04. The Hall–Kier alpha value is -0.790. The summed E-state index contributed by atoms with van der Waals surface area (Å²) in [6, 6.07) is 0. The lowest BCUT2D eigenvalue weighted by atomic mass is 10.1. The average molecular weight is 248 g/mol. The minimum Gasteiger partial charge on any atom is -0.381 e. The van der Waals surface area contributed by atoms with E-state index in [4.69, 9.17) is 0 Å². The van der Waals surface area contributed by atoms with Crippen LogP contribution in [0, 0.1) is 0 Å². The van der Waals surface area contributed by atoms with Crippen molar-refractivity contribution in [2.45, 2.75) is 30.9 Å². The van der Waals surface area contributed by atoms with Gasteiger partial charge in [0.2, 0.25) is 0 Å². The summed E-state index contributed by atoms with van der Waals surface area (Å²) < 4.78 is 73.0. The summed E-state index contributed by atoms with van der Waals surface area (Å²) in [5.41, 5.74) is -5.44. The number of hydrogen-bond acceptors (Lipinski definition) is 3. The van der Waals surface area contributed by atoms with Crippen LogP contribution in [-0.2, 0) is 14.3 Å². The minimum absolute atomic E-state index is 0.0286. The SMILES string of the molecule is O=S(=O)(OC1=CCC(F)CC1)C(F)(F)F. The molecule has 1 aliphatic carbocycles. The molecule has 0 N–H and O–H groups in total. The molecule has 88 valence electrons. The number of allylic oxidation sites excluding steroid dienone is 2. The van der Waals surface area contributed by atoms with Crippen LogP contribution in [0.15, 0.2) is 11.8 Å². The molecule has 0 aliphatic heterocycles. The second-order valence-corrected chi connectivity index (χ2v) is 4.56. The lowest BCUT2D eigenvalue weighted by molar-refractivity contribution is -0.0524. The third kappa shape index (κ3) is 3.08. The first-order chi connectivity index (χ1) is 6.72. The van der Waals surface area contributed by atoms with Crippen LogP contribution in [0.25, 0.3) is 0 Å². The zero-order valence-electron chi connectivity index (χ0n) is 7.42. The molecule has 0 saturated carbocycles. The maximum Gasteiger partial charge on any atom is 0.534 e. The third-order valence-electron chi connectivity index (χ3n) is 1.81. The number of rotatable bonds is 2. The summed E-state index contributed by atoms with van der Waals surface area (Å²) in [7, 11) is -5.61. The van der Waals surface area contributed by atoms with Crippen LogP contribution in [0.5, 0.6) is 0 Å². The maximum atomic E-state index is 12.6. The fourth-order valence-corrected chi connectivity index (χ4v) is 1.57. The van der Waals surface area contributed by atoms with Gasteiger partial charge in [0.15, 0.2) is 0 Å². The van der Waals surface area contributed by atoms with Crippen LogP contribution in [0.4, 0.5) is 17.6 Å². The van der Waals surface area contributed by atoms with Gasteiger partial charge in [-0.25, -0.2) is 4.39 Å². The van der Waals surface area contributed by atoms with Gasteiger partial charge in [0.1, 0.15) is 11.9 Å². The number of halogens is 4. The Labute approximate surface area is 83.8 Å². The summed E-state index contributed by atoms with van der Waals surface area (Å²) in [6.45, 7) is 0. The van der Waals surface area contributed by atoms with Gasteiger partial charge < -0.3 is 4.18 Å². The molecule has 0 radical (unpaired) electrons. The Balaban J connectivity index is 2.72. The van der Waals surface area contributed by atoms with Crippen molar-refractivity contribution < 1.29 is 30.2 Å². The van der Waals surface area contributed by atoms with Crippen molar-refractivity contribution in [1.82, 2.24) is 0 Å². The van der Waals surface area contributed by atoms with Gasteiger partial charge in [-0.05, 0) is 12.5 Å². The Morgan fingerprint density at radius 2 is 2.00 bits per heavy atom. The van der Waals surface area contributed by atoms with Crippen molar-refractivity contribution >= 4 is 10.1 Å². The molecule has 0 bridgehead atoms. The zero-order chi connectivity index (χ0) is 11.7. The second-order valence-electron chi connectivity index (χ2n) is 3.03. The Morgan fingerprint density at radius 1 is 1.40 bits per heavy atom. The topological polar surface area (TPSA) is 43.4 Å². The normalized spacial score (nSPS) is 23.5. The molecule has 1 rings (SSSR count). The molecule has 3 nitrogen and oxygen atoms in total. The quantitative estimate of drug-likeness (QED) is 0.427. The van der Waals surface area contributed by atoms with E-state index >= 15 is 0 Å². The van der Waals surface area contributed by atoms with E-state index < -0.39 is 21.8 Å². The Kier molecular flexibility index (Phi) is 3.27. The van der Waals surface area contributed by atoms with E-state index in [0.29, 0.717) is 0 Å². The molecule has 0 saturated heterocycles. The summed E-state index contributed by atoms with van der Waals surface area (Å²) in [4.78, 5) is 0. The highest BCUT2D eigenvalue weighted by molar-refractivity contribution is 7.87. The molecule has 0 spiro atoms. The van der Waals surface area contributed by atoms with Crippen molar-refractivity contribution in [3.8, 4) is 0 Å². The Morgan fingerprint density at radius 3 is 2.40 bits per heavy atom. The predicted molar refractivity (Wildman–Crippen MR) is 42.9 cm³/mol. The second kappa shape index (κ2) is 3.99. The van der Waals surface area contributed by atoms with Crippen molar-refractivity contribution in [2.75, 3.05) is 0 Å². The van der Waals surface area contributed by atoms with Gasteiger partial charge in [0.05, 0.1) is 0 Å². The third-order valence-corrected chi connectivity index (χ3v) is 2.81. The first kappa shape index (κ1) is 12.3. The summed E-state index contributed by atoms with van der Waals surface area (Å²) in [5.74, 6) is -0.346. The molecular weight excluding hydrogens is 240 g/mol. The van der Waals surface area contributed by atoms with Crippen molar-refractivity contribution in [3.05, 3.63) is 11.8 Å². The molecule has 0 amide bonds. The van der Waals surface area contributed by atoms with Crippen molar-refractivity contribution in [3.63, 3.8) is 0 Å². The zero-order valence-corrected chi connectivity index (χ0v) is 8.24. The van der Waals surface area contributed by atoms with E-state index in [1.807, 2.05) is 0 Å². The van der Waals surface area contributed by atoms with Gasteiger partial charge in [-0.3, -0.25) is 0 Å². The standard InChI is InChI=1S/C7H8F4O3S/c8-5-1-3-6(4-2-5)14-15(12,13)7(9,10)11/h3,5H,1-2,4H2. The smallest absolute Gasteiger partial charge is 0.381 e. The molecule has 1 aliphatic rings. The van der Waals surface area contributed by atoms with Gasteiger partial charge in [-0.2, -0.15) is 21.6 Å². The van der Waals surface area contributed by atoms with Gasteiger partial charge >= 0.3 is 15.6 Å². The largest absolute Gasteiger partial charge is 0.534 e. The fraction of sp³-hybridized carbons (Fsp3) is 0.714. The van der Waals surface area contributed by atoms with E-state index in [1.165, 1.54) is 0 Å². The van der Waals surface area contributed by atoms with Crippen LogP contribution in [-0.4, -0.2) is 20.1 Å². The van der Waals surface area contributed by atoms with E-state index in [0.717, 1.165) is 6.08 Å². The molecular formula is C7H8F4O3S. The van der Waals surface area contributed by atoms with Gasteiger partial charge in [-0.15, -0.1) is 0 Å². The summed E-state index contributed by atoms with van der Waals surface area (Å²) in [6.07, 6.45) is -0.415. The lowest BCUT2D eigenvalue weighted by Crippen LogP contribution is -2.26. The first-order valence-electron chi connectivity index (χ1n) is 4.06. The Bertz CT molecular complexity index is 357. The molecule has 0 fully saturated rings. The van der Waals surface area contributed by atoms with Gasteiger partial charge in [-0.1, -0.05) is 0 Å². The van der Waals surface area contributed by atoms with Crippen molar-refractivity contribution in [2.24, 2.45) is 0 Å².